The Morgan fingerprint density at radius 3 is 2.47 bits per heavy atom. The minimum atomic E-state index is -0.367. The molecule has 4 nitrogen and oxygen atoms in total. The van der Waals surface area contributed by atoms with Gasteiger partial charge in [-0.2, -0.15) is 4.57 Å². The van der Waals surface area contributed by atoms with Gasteiger partial charge in [0.15, 0.2) is 12.4 Å². The van der Waals surface area contributed by atoms with Crippen molar-refractivity contribution >= 4 is 46.5 Å². The SMILES string of the molecule is CC#CCSc1sc(C(=O)c2ccc(Cl)cc2)c(CC(=O)OCC)c1-[n+]1ccccc1.[I-]. The molecule has 0 aliphatic heterocycles. The van der Waals surface area contributed by atoms with Crippen molar-refractivity contribution < 1.29 is 42.9 Å². The van der Waals surface area contributed by atoms with E-state index < -0.39 is 0 Å². The quantitative estimate of drug-likeness (QED) is 0.0998. The second kappa shape index (κ2) is 13.0. The van der Waals surface area contributed by atoms with Crippen LogP contribution in [-0.4, -0.2) is 24.1 Å². The molecule has 0 saturated carbocycles. The number of thiophene rings is 1. The molecule has 32 heavy (non-hydrogen) atoms. The first kappa shape index (κ1) is 26.4. The Kier molecular flexibility index (Phi) is 10.7. The van der Waals surface area contributed by atoms with Gasteiger partial charge in [-0.3, -0.25) is 9.59 Å². The third-order valence-electron chi connectivity index (χ3n) is 4.31. The average Bonchev–Trinajstić information content (AvgIpc) is 3.12. The van der Waals surface area contributed by atoms with E-state index in [1.165, 1.54) is 11.3 Å². The summed E-state index contributed by atoms with van der Waals surface area (Å²) < 4.78 is 8.06. The van der Waals surface area contributed by atoms with Gasteiger partial charge in [-0.25, -0.2) is 0 Å². The molecule has 1 aromatic carbocycles. The molecule has 3 aromatic rings. The summed E-state index contributed by atoms with van der Waals surface area (Å²) in [5.74, 6) is 6.02. The molecule has 3 rings (SSSR count). The average molecular weight is 598 g/mol. The number of thioether (sulfide) groups is 1. The highest BCUT2D eigenvalue weighted by Gasteiger charge is 2.31. The molecule has 2 aromatic heterocycles. The van der Waals surface area contributed by atoms with Crippen LogP contribution in [0.4, 0.5) is 0 Å². The second-order valence-corrected chi connectivity index (χ2v) is 9.06. The predicted octanol–water partition coefficient (Wildman–Crippen LogP) is 2.13. The van der Waals surface area contributed by atoms with E-state index in [9.17, 15) is 9.59 Å². The highest BCUT2D eigenvalue weighted by molar-refractivity contribution is 8.01. The van der Waals surface area contributed by atoms with Crippen LogP contribution in [0.5, 0.6) is 0 Å². The molecule has 8 heteroatoms. The second-order valence-electron chi connectivity index (χ2n) is 6.36. The first-order chi connectivity index (χ1) is 15.0. The summed E-state index contributed by atoms with van der Waals surface area (Å²) in [6, 6.07) is 12.5. The number of benzene rings is 1. The van der Waals surface area contributed by atoms with Crippen LogP contribution in [0.1, 0.15) is 34.6 Å². The molecule has 0 radical (unpaired) electrons. The summed E-state index contributed by atoms with van der Waals surface area (Å²) in [4.78, 5) is 26.4. The predicted molar refractivity (Wildman–Crippen MR) is 125 cm³/mol. The third-order valence-corrected chi connectivity index (χ3v) is 6.93. The van der Waals surface area contributed by atoms with Crippen molar-refractivity contribution in [3.8, 4) is 17.5 Å². The van der Waals surface area contributed by atoms with Crippen LogP contribution in [0.3, 0.4) is 0 Å². The molecule has 0 N–H and O–H groups in total. The highest BCUT2D eigenvalue weighted by atomic mass is 127. The van der Waals surface area contributed by atoms with Gasteiger partial charge in [0.2, 0.25) is 11.5 Å². The zero-order valence-electron chi connectivity index (χ0n) is 17.6. The molecular formula is C24H21ClINO3S2. The number of carbonyl (C=O) groups excluding carboxylic acids is 2. The minimum absolute atomic E-state index is 0. The fourth-order valence-corrected chi connectivity index (χ4v) is 5.46. The summed E-state index contributed by atoms with van der Waals surface area (Å²) in [5, 5.41) is 0.560. The van der Waals surface area contributed by atoms with Crippen LogP contribution in [0.2, 0.25) is 5.02 Å². The van der Waals surface area contributed by atoms with E-state index >= 15 is 0 Å². The number of nitrogens with zero attached hydrogens (tertiary/aromatic N) is 1. The Hall–Kier alpha value is -1.86. The van der Waals surface area contributed by atoms with Gasteiger partial charge in [-0.1, -0.05) is 35.3 Å². The van der Waals surface area contributed by atoms with Gasteiger partial charge in [-0.05, 0) is 38.1 Å². The van der Waals surface area contributed by atoms with Crippen LogP contribution in [-0.2, 0) is 16.0 Å². The lowest BCUT2D eigenvalue weighted by Gasteiger charge is -2.05. The van der Waals surface area contributed by atoms with Gasteiger partial charge >= 0.3 is 5.97 Å². The fourth-order valence-electron chi connectivity index (χ4n) is 2.95. The van der Waals surface area contributed by atoms with Crippen LogP contribution in [0.15, 0.2) is 59.1 Å². The smallest absolute Gasteiger partial charge is 0.310 e. The number of ether oxygens (including phenoxy) is 1. The van der Waals surface area contributed by atoms with Gasteiger partial charge in [0.05, 0.1) is 29.2 Å². The first-order valence-electron chi connectivity index (χ1n) is 9.65. The van der Waals surface area contributed by atoms with E-state index in [1.807, 2.05) is 35.2 Å². The normalized spacial score (nSPS) is 9.97. The van der Waals surface area contributed by atoms with Crippen molar-refractivity contribution in [1.82, 2.24) is 0 Å². The van der Waals surface area contributed by atoms with Crippen molar-refractivity contribution in [2.75, 3.05) is 12.4 Å². The number of halogens is 2. The molecule has 0 fully saturated rings. The van der Waals surface area contributed by atoms with E-state index in [1.54, 1.807) is 49.9 Å². The topological polar surface area (TPSA) is 47.3 Å². The van der Waals surface area contributed by atoms with Gasteiger partial charge in [-0.15, -0.1) is 17.3 Å². The number of hydrogen-bond acceptors (Lipinski definition) is 5. The molecule has 2 heterocycles. The maximum atomic E-state index is 13.4. The summed E-state index contributed by atoms with van der Waals surface area (Å²) in [6.45, 7) is 3.84. The molecule has 0 amide bonds. The van der Waals surface area contributed by atoms with Gasteiger partial charge in [0, 0.05) is 22.7 Å². The van der Waals surface area contributed by atoms with Crippen LogP contribution < -0.4 is 28.5 Å². The van der Waals surface area contributed by atoms with Crippen LogP contribution in [0, 0.1) is 11.8 Å². The Bertz CT molecular complexity index is 1140. The van der Waals surface area contributed by atoms with E-state index in [4.69, 9.17) is 16.3 Å². The molecule has 166 valence electrons. The summed E-state index contributed by atoms with van der Waals surface area (Å²) >= 11 is 8.93. The third kappa shape index (κ3) is 6.58. The standard InChI is InChI=1S/C24H21ClNO3S2.HI/c1-3-5-15-30-24-21(26-13-7-6-8-14-26)19(16-20(27)29-4-2)23(31-24)22(28)17-9-11-18(25)12-10-17;/h6-14H,4,15-16H2,1-2H3;1H/q+1;/p-1. The van der Waals surface area contributed by atoms with Gasteiger partial charge < -0.3 is 28.7 Å². The molecule has 0 bridgehead atoms. The summed E-state index contributed by atoms with van der Waals surface area (Å²) in [6.07, 6.45) is 3.82. The van der Waals surface area contributed by atoms with Crippen molar-refractivity contribution in [2.24, 2.45) is 0 Å². The minimum Gasteiger partial charge on any atom is -1.00 e. The zero-order valence-corrected chi connectivity index (χ0v) is 22.1. The highest BCUT2D eigenvalue weighted by Crippen LogP contribution is 2.38. The largest absolute Gasteiger partial charge is 1.00 e. The van der Waals surface area contributed by atoms with E-state index in [0.29, 0.717) is 26.8 Å². The lowest BCUT2D eigenvalue weighted by molar-refractivity contribution is -0.598. The number of ketones is 1. The van der Waals surface area contributed by atoms with Crippen molar-refractivity contribution in [1.29, 1.82) is 0 Å². The number of hydrogen-bond donors (Lipinski definition) is 0. The van der Waals surface area contributed by atoms with Crippen molar-refractivity contribution in [3.63, 3.8) is 0 Å². The van der Waals surface area contributed by atoms with Gasteiger partial charge in [0.1, 0.15) is 4.21 Å². The number of esters is 1. The molecule has 0 aliphatic rings. The Morgan fingerprint density at radius 2 is 1.84 bits per heavy atom. The molecule has 0 saturated heterocycles. The summed E-state index contributed by atoms with van der Waals surface area (Å²) in [7, 11) is 0. The number of carbonyl (C=O) groups is 2. The van der Waals surface area contributed by atoms with Gasteiger partial charge in [0.25, 0.3) is 0 Å². The van der Waals surface area contributed by atoms with Crippen molar-refractivity contribution in [2.45, 2.75) is 24.5 Å². The maximum Gasteiger partial charge on any atom is 0.310 e. The monoisotopic (exact) mass is 597 g/mol. The molecule has 0 atom stereocenters. The Balaban J connectivity index is 0.00000363. The lowest BCUT2D eigenvalue weighted by atomic mass is 10.0. The molecule has 0 spiro atoms. The molecular weight excluding hydrogens is 577 g/mol. The Morgan fingerprint density at radius 1 is 1.16 bits per heavy atom. The van der Waals surface area contributed by atoms with Crippen LogP contribution in [0.25, 0.3) is 5.69 Å². The summed E-state index contributed by atoms with van der Waals surface area (Å²) in [5.41, 5.74) is 2.00. The maximum absolute atomic E-state index is 13.4. The van der Waals surface area contributed by atoms with E-state index in [-0.39, 0.29) is 48.8 Å². The number of rotatable bonds is 8. The Labute approximate surface area is 218 Å². The fraction of sp³-hybridized carbons (Fsp3) is 0.208. The van der Waals surface area contributed by atoms with Crippen molar-refractivity contribution in [3.05, 3.63) is 75.9 Å². The number of pyridine rings is 1. The van der Waals surface area contributed by atoms with E-state index in [0.717, 1.165) is 9.90 Å². The molecule has 0 aliphatic carbocycles. The van der Waals surface area contributed by atoms with E-state index in [2.05, 4.69) is 11.8 Å². The zero-order chi connectivity index (χ0) is 22.2. The lowest BCUT2D eigenvalue weighted by Crippen LogP contribution is -3.00. The van der Waals surface area contributed by atoms with Crippen LogP contribution >= 0.6 is 34.7 Å². The number of aromatic nitrogens is 1. The molecule has 0 unspecified atom stereocenters. The first-order valence-corrected chi connectivity index (χ1v) is 11.8.